The van der Waals surface area contributed by atoms with E-state index in [4.69, 9.17) is 4.74 Å². The molecular weight excluding hydrogens is 375 g/mol. The van der Waals surface area contributed by atoms with Gasteiger partial charge in [0.15, 0.2) is 5.92 Å². The maximum Gasteiger partial charge on any atom is 0.417 e. The fraction of sp³-hybridized carbons (Fsp3) is 0.300. The number of aliphatic hydroxyl groups excluding tert-OH is 1. The molecule has 3 atom stereocenters. The Bertz CT molecular complexity index is 826. The molecule has 1 saturated heterocycles. The molecular formula is C20H18F3NO4. The van der Waals surface area contributed by atoms with Crippen LogP contribution in [0.4, 0.5) is 18.0 Å². The summed E-state index contributed by atoms with van der Waals surface area (Å²) < 4.78 is 45.9. The van der Waals surface area contributed by atoms with Gasteiger partial charge in [0, 0.05) is 0 Å². The highest BCUT2D eigenvalue weighted by molar-refractivity contribution is 5.95. The molecule has 2 amide bonds. The fourth-order valence-electron chi connectivity index (χ4n) is 3.21. The number of benzene rings is 2. The molecule has 0 aromatic heterocycles. The minimum absolute atomic E-state index is 0.0645. The van der Waals surface area contributed by atoms with Crippen molar-refractivity contribution in [1.29, 1.82) is 0 Å². The number of imide groups is 1. The van der Waals surface area contributed by atoms with Gasteiger partial charge in [-0.15, -0.1) is 0 Å². The predicted molar refractivity (Wildman–Crippen MR) is 93.1 cm³/mol. The van der Waals surface area contributed by atoms with E-state index in [1.165, 1.54) is 24.3 Å². The first-order chi connectivity index (χ1) is 13.3. The summed E-state index contributed by atoms with van der Waals surface area (Å²) in [4.78, 5) is 25.3. The molecule has 2 aromatic rings. The predicted octanol–water partition coefficient (Wildman–Crippen LogP) is 3.49. The average molecular weight is 393 g/mol. The first-order valence-electron chi connectivity index (χ1n) is 8.62. The summed E-state index contributed by atoms with van der Waals surface area (Å²) in [5.74, 6) is -4.30. The molecule has 1 fully saturated rings. The van der Waals surface area contributed by atoms with E-state index in [1.807, 2.05) is 0 Å². The van der Waals surface area contributed by atoms with Crippen LogP contribution in [0.1, 0.15) is 17.2 Å². The molecule has 2 unspecified atom stereocenters. The van der Waals surface area contributed by atoms with E-state index in [2.05, 4.69) is 0 Å². The van der Waals surface area contributed by atoms with Crippen molar-refractivity contribution < 1.29 is 32.6 Å². The van der Waals surface area contributed by atoms with Crippen LogP contribution < -0.4 is 0 Å². The van der Waals surface area contributed by atoms with Crippen LogP contribution in [0.5, 0.6) is 0 Å². The van der Waals surface area contributed by atoms with Crippen molar-refractivity contribution in [3.8, 4) is 0 Å². The van der Waals surface area contributed by atoms with Crippen LogP contribution in [0, 0.1) is 5.92 Å². The average Bonchev–Trinajstić information content (AvgIpc) is 3.02. The lowest BCUT2D eigenvalue weighted by Crippen LogP contribution is -2.49. The maximum absolute atomic E-state index is 13.7. The molecule has 0 radical (unpaired) electrons. The zero-order chi connectivity index (χ0) is 20.3. The zero-order valence-corrected chi connectivity index (χ0v) is 14.7. The largest absolute Gasteiger partial charge is 0.447 e. The van der Waals surface area contributed by atoms with Gasteiger partial charge in [0.2, 0.25) is 5.91 Å². The van der Waals surface area contributed by atoms with Gasteiger partial charge < -0.3 is 9.84 Å². The number of rotatable bonds is 5. The lowest BCUT2D eigenvalue weighted by Gasteiger charge is -2.29. The Kier molecular flexibility index (Phi) is 5.69. The van der Waals surface area contributed by atoms with Gasteiger partial charge in [0.25, 0.3) is 0 Å². The van der Waals surface area contributed by atoms with Crippen LogP contribution >= 0.6 is 0 Å². The number of hydrogen-bond acceptors (Lipinski definition) is 4. The highest BCUT2D eigenvalue weighted by Gasteiger charge is 2.54. The first kappa shape index (κ1) is 19.9. The minimum atomic E-state index is -5.05. The Hall–Kier alpha value is -2.87. The van der Waals surface area contributed by atoms with Crippen molar-refractivity contribution in [2.24, 2.45) is 5.92 Å². The number of nitrogens with zero attached hydrogens (tertiary/aromatic N) is 1. The van der Waals surface area contributed by atoms with Gasteiger partial charge in [-0.2, -0.15) is 13.2 Å². The third-order valence-electron chi connectivity index (χ3n) is 4.59. The van der Waals surface area contributed by atoms with Crippen molar-refractivity contribution in [2.75, 3.05) is 6.61 Å². The van der Waals surface area contributed by atoms with Crippen molar-refractivity contribution >= 4 is 12.0 Å². The lowest BCUT2D eigenvalue weighted by molar-refractivity contribution is -0.207. The van der Waals surface area contributed by atoms with E-state index < -0.39 is 36.2 Å². The van der Waals surface area contributed by atoms with Crippen molar-refractivity contribution in [1.82, 2.24) is 4.90 Å². The molecule has 148 valence electrons. The molecule has 5 nitrogen and oxygen atoms in total. The molecule has 3 rings (SSSR count). The second-order valence-corrected chi connectivity index (χ2v) is 6.50. The Morgan fingerprint density at radius 2 is 1.68 bits per heavy atom. The number of carbonyl (C=O) groups excluding carboxylic acids is 2. The zero-order valence-electron chi connectivity index (χ0n) is 14.7. The normalized spacial score (nSPS) is 19.2. The van der Waals surface area contributed by atoms with Crippen LogP contribution in [-0.2, 0) is 16.0 Å². The van der Waals surface area contributed by atoms with Gasteiger partial charge in [0.1, 0.15) is 6.61 Å². The smallest absolute Gasteiger partial charge is 0.417 e. The molecule has 0 spiro atoms. The van der Waals surface area contributed by atoms with Gasteiger partial charge in [-0.1, -0.05) is 60.7 Å². The molecule has 1 N–H and O–H groups in total. The maximum atomic E-state index is 13.7. The fourth-order valence-corrected chi connectivity index (χ4v) is 3.21. The highest BCUT2D eigenvalue weighted by Crippen LogP contribution is 2.38. The standard InChI is InChI=1S/C20H18F3NO4/c21-20(22,23)16(17(25)14-9-5-2-6-10-14)18(26)24-15(12-28-19(24)27)11-13-7-3-1-4-8-13/h1-10,15-17,25H,11-12H2/t15-,16?,17?/m0/s1. The van der Waals surface area contributed by atoms with E-state index >= 15 is 0 Å². The molecule has 8 heteroatoms. The molecule has 0 bridgehead atoms. The molecule has 2 aromatic carbocycles. The van der Waals surface area contributed by atoms with Crippen LogP contribution in [0.15, 0.2) is 60.7 Å². The van der Waals surface area contributed by atoms with E-state index in [9.17, 15) is 27.9 Å². The van der Waals surface area contributed by atoms with Gasteiger partial charge in [-0.25, -0.2) is 9.69 Å². The number of hydrogen-bond donors (Lipinski definition) is 1. The molecule has 1 aliphatic heterocycles. The first-order valence-corrected chi connectivity index (χ1v) is 8.62. The monoisotopic (exact) mass is 393 g/mol. The molecule has 1 heterocycles. The Morgan fingerprint density at radius 3 is 2.25 bits per heavy atom. The van der Waals surface area contributed by atoms with Crippen molar-refractivity contribution in [2.45, 2.75) is 24.7 Å². The van der Waals surface area contributed by atoms with Gasteiger partial charge in [-0.05, 0) is 17.5 Å². The van der Waals surface area contributed by atoms with Crippen molar-refractivity contribution in [3.05, 3.63) is 71.8 Å². The van der Waals surface area contributed by atoms with Crippen LogP contribution in [0.25, 0.3) is 0 Å². The Balaban J connectivity index is 1.89. The molecule has 0 aliphatic carbocycles. The number of cyclic esters (lactones) is 1. The summed E-state index contributed by atoms with van der Waals surface area (Å²) in [6.45, 7) is -0.203. The summed E-state index contributed by atoms with van der Waals surface area (Å²) in [6.07, 6.45) is -8.17. The minimum Gasteiger partial charge on any atom is -0.447 e. The summed E-state index contributed by atoms with van der Waals surface area (Å²) in [6, 6.07) is 15.0. The Labute approximate surface area is 159 Å². The molecule has 0 saturated carbocycles. The van der Waals surface area contributed by atoms with E-state index in [0.29, 0.717) is 4.90 Å². The lowest BCUT2D eigenvalue weighted by atomic mass is 9.93. The summed E-state index contributed by atoms with van der Waals surface area (Å²) in [7, 11) is 0. The second-order valence-electron chi connectivity index (χ2n) is 6.50. The third kappa shape index (κ3) is 4.17. The van der Waals surface area contributed by atoms with E-state index in [0.717, 1.165) is 5.56 Å². The number of ether oxygens (including phenoxy) is 1. The summed E-state index contributed by atoms with van der Waals surface area (Å²) in [5.41, 5.74) is 0.682. The topological polar surface area (TPSA) is 66.8 Å². The summed E-state index contributed by atoms with van der Waals surface area (Å²) >= 11 is 0. The van der Waals surface area contributed by atoms with Crippen LogP contribution in [0.2, 0.25) is 0 Å². The number of carbonyl (C=O) groups is 2. The summed E-state index contributed by atoms with van der Waals surface area (Å²) in [5, 5.41) is 10.3. The van der Waals surface area contributed by atoms with Crippen molar-refractivity contribution in [3.63, 3.8) is 0 Å². The van der Waals surface area contributed by atoms with Crippen LogP contribution in [-0.4, -0.2) is 40.8 Å². The number of alkyl halides is 3. The third-order valence-corrected chi connectivity index (χ3v) is 4.59. The quantitative estimate of drug-likeness (QED) is 0.845. The van der Waals surface area contributed by atoms with E-state index in [-0.39, 0.29) is 18.6 Å². The highest BCUT2D eigenvalue weighted by atomic mass is 19.4. The number of amides is 2. The molecule has 1 aliphatic rings. The van der Waals surface area contributed by atoms with Gasteiger partial charge in [0.05, 0.1) is 12.1 Å². The van der Waals surface area contributed by atoms with E-state index in [1.54, 1.807) is 36.4 Å². The van der Waals surface area contributed by atoms with Gasteiger partial charge in [-0.3, -0.25) is 4.79 Å². The SMILES string of the molecule is O=C1OC[C@H](Cc2ccccc2)N1C(=O)C(C(O)c1ccccc1)C(F)(F)F. The number of aliphatic hydroxyl groups is 1. The Morgan fingerprint density at radius 1 is 1.11 bits per heavy atom. The van der Waals surface area contributed by atoms with Gasteiger partial charge >= 0.3 is 12.3 Å². The second kappa shape index (κ2) is 8.02. The number of halogens is 3. The molecule has 28 heavy (non-hydrogen) atoms. The van der Waals surface area contributed by atoms with Crippen LogP contribution in [0.3, 0.4) is 0 Å².